The maximum Gasteiger partial charge on any atom is 0.152 e. The van der Waals surface area contributed by atoms with Crippen LogP contribution in [0.3, 0.4) is 0 Å². The average Bonchev–Trinajstić information content (AvgIpc) is 2.93. The Kier molecular flexibility index (Phi) is 4.10. The van der Waals surface area contributed by atoms with Crippen molar-refractivity contribution in [3.63, 3.8) is 0 Å². The SMILES string of the molecule is CC(C)=CCC[C@@H](C)CC(=O)[C@@]12C[C@@H]1CCS2=O. The summed E-state index contributed by atoms with van der Waals surface area (Å²) >= 11 is 0. The van der Waals surface area contributed by atoms with Gasteiger partial charge in [-0.15, -0.1) is 0 Å². The summed E-state index contributed by atoms with van der Waals surface area (Å²) in [7, 11) is -0.873. The van der Waals surface area contributed by atoms with Crippen LogP contribution in [-0.2, 0) is 15.6 Å². The maximum absolute atomic E-state index is 12.3. The molecule has 1 aliphatic carbocycles. The van der Waals surface area contributed by atoms with Crippen LogP contribution in [0.2, 0.25) is 0 Å². The molecule has 102 valence electrons. The first-order valence-corrected chi connectivity index (χ1v) is 8.34. The Labute approximate surface area is 113 Å². The monoisotopic (exact) mass is 268 g/mol. The van der Waals surface area contributed by atoms with Crippen molar-refractivity contribution in [1.82, 2.24) is 0 Å². The zero-order valence-electron chi connectivity index (χ0n) is 11.7. The van der Waals surface area contributed by atoms with E-state index >= 15 is 0 Å². The topological polar surface area (TPSA) is 34.1 Å². The van der Waals surface area contributed by atoms with Crippen molar-refractivity contribution < 1.29 is 9.00 Å². The second-order valence-electron chi connectivity index (χ2n) is 6.22. The van der Waals surface area contributed by atoms with Crippen molar-refractivity contribution in [3.05, 3.63) is 11.6 Å². The summed E-state index contributed by atoms with van der Waals surface area (Å²) in [4.78, 5) is 12.3. The van der Waals surface area contributed by atoms with Gasteiger partial charge in [0, 0.05) is 23.0 Å². The van der Waals surface area contributed by atoms with E-state index < -0.39 is 10.8 Å². The van der Waals surface area contributed by atoms with Crippen LogP contribution in [0, 0.1) is 11.8 Å². The van der Waals surface area contributed by atoms with Crippen LogP contribution in [0.15, 0.2) is 11.6 Å². The molecular weight excluding hydrogens is 244 g/mol. The third-order valence-corrected chi connectivity index (χ3v) is 6.47. The molecule has 0 amide bonds. The highest BCUT2D eigenvalue weighted by atomic mass is 32.2. The Morgan fingerprint density at radius 1 is 1.50 bits per heavy atom. The third-order valence-electron chi connectivity index (χ3n) is 4.32. The zero-order valence-corrected chi connectivity index (χ0v) is 12.5. The van der Waals surface area contributed by atoms with Crippen molar-refractivity contribution in [2.45, 2.75) is 57.6 Å². The molecule has 1 heterocycles. The first-order valence-electron chi connectivity index (χ1n) is 7.02. The number of rotatable bonds is 6. The van der Waals surface area contributed by atoms with Gasteiger partial charge in [-0.25, -0.2) is 0 Å². The predicted molar refractivity (Wildman–Crippen MR) is 75.9 cm³/mol. The Morgan fingerprint density at radius 2 is 2.22 bits per heavy atom. The van der Waals surface area contributed by atoms with E-state index in [9.17, 15) is 9.00 Å². The molecule has 1 saturated carbocycles. The van der Waals surface area contributed by atoms with Gasteiger partial charge in [0.15, 0.2) is 5.78 Å². The van der Waals surface area contributed by atoms with Crippen LogP contribution in [0.1, 0.15) is 52.9 Å². The standard InChI is InChI=1S/C15H24O2S/c1-11(2)5-4-6-12(3)9-14(16)15-10-13(15)7-8-18(15)17/h5,12-13H,4,6-10H2,1-3H3/t12-,13+,15-,18?/m1/s1. The van der Waals surface area contributed by atoms with E-state index in [-0.39, 0.29) is 10.5 Å². The third kappa shape index (κ3) is 2.61. The summed E-state index contributed by atoms with van der Waals surface area (Å²) < 4.78 is 11.6. The van der Waals surface area contributed by atoms with Gasteiger partial charge in [-0.2, -0.15) is 0 Å². The molecule has 2 nitrogen and oxygen atoms in total. The number of Topliss-reactive ketones (excluding diaryl/α,β-unsaturated/α-hetero) is 1. The minimum Gasteiger partial charge on any atom is -0.298 e. The quantitative estimate of drug-likeness (QED) is 0.693. The van der Waals surface area contributed by atoms with Crippen LogP contribution >= 0.6 is 0 Å². The average molecular weight is 268 g/mol. The molecule has 0 spiro atoms. The molecule has 2 rings (SSSR count). The van der Waals surface area contributed by atoms with Crippen molar-refractivity contribution in [3.8, 4) is 0 Å². The van der Waals surface area contributed by atoms with Crippen molar-refractivity contribution in [2.75, 3.05) is 5.75 Å². The summed E-state index contributed by atoms with van der Waals surface area (Å²) in [5.74, 6) is 1.91. The van der Waals surface area contributed by atoms with E-state index in [4.69, 9.17) is 0 Å². The molecule has 0 aromatic heterocycles. The van der Waals surface area contributed by atoms with E-state index in [1.54, 1.807) is 0 Å². The van der Waals surface area contributed by atoms with Crippen LogP contribution in [0.25, 0.3) is 0 Å². The summed E-state index contributed by atoms with van der Waals surface area (Å²) in [5, 5.41) is 0. The lowest BCUT2D eigenvalue weighted by Gasteiger charge is -2.14. The van der Waals surface area contributed by atoms with Gasteiger partial charge in [0.25, 0.3) is 0 Å². The molecule has 0 N–H and O–H groups in total. The molecule has 1 saturated heterocycles. The fourth-order valence-electron chi connectivity index (χ4n) is 3.07. The van der Waals surface area contributed by atoms with Gasteiger partial charge in [0.05, 0.1) is 0 Å². The van der Waals surface area contributed by atoms with E-state index in [1.165, 1.54) is 5.57 Å². The summed E-state index contributed by atoms with van der Waals surface area (Å²) in [5.41, 5.74) is 1.34. The van der Waals surface area contributed by atoms with E-state index in [2.05, 4.69) is 26.8 Å². The second kappa shape index (κ2) is 5.28. The highest BCUT2D eigenvalue weighted by Gasteiger charge is 2.66. The number of fused-ring (bicyclic) bond motifs is 1. The molecular formula is C15H24O2S. The first-order chi connectivity index (χ1) is 8.46. The Balaban J connectivity index is 1.81. The van der Waals surface area contributed by atoms with Crippen LogP contribution in [-0.4, -0.2) is 20.5 Å². The Bertz CT molecular complexity index is 395. The van der Waals surface area contributed by atoms with Crippen LogP contribution < -0.4 is 0 Å². The smallest absolute Gasteiger partial charge is 0.152 e. The van der Waals surface area contributed by atoms with E-state index in [0.717, 1.165) is 31.4 Å². The van der Waals surface area contributed by atoms with Crippen LogP contribution in [0.5, 0.6) is 0 Å². The van der Waals surface area contributed by atoms with Gasteiger partial charge in [-0.3, -0.25) is 9.00 Å². The molecule has 0 bridgehead atoms. The highest BCUT2D eigenvalue weighted by molar-refractivity contribution is 7.88. The first kappa shape index (κ1) is 14.0. The number of ketones is 1. The fourth-order valence-corrected chi connectivity index (χ4v) is 5.15. The normalized spacial score (nSPS) is 34.8. The van der Waals surface area contributed by atoms with Crippen molar-refractivity contribution in [1.29, 1.82) is 0 Å². The van der Waals surface area contributed by atoms with Crippen molar-refractivity contribution in [2.24, 2.45) is 11.8 Å². The molecule has 0 aromatic rings. The lowest BCUT2D eigenvalue weighted by molar-refractivity contribution is -0.120. The van der Waals surface area contributed by atoms with E-state index in [1.807, 2.05) is 0 Å². The molecule has 2 aliphatic rings. The van der Waals surface area contributed by atoms with E-state index in [0.29, 0.717) is 18.3 Å². The molecule has 4 atom stereocenters. The van der Waals surface area contributed by atoms with Gasteiger partial charge in [0.1, 0.15) is 4.75 Å². The van der Waals surface area contributed by atoms with Crippen molar-refractivity contribution >= 4 is 16.6 Å². The maximum atomic E-state index is 12.3. The Morgan fingerprint density at radius 3 is 2.72 bits per heavy atom. The molecule has 0 radical (unpaired) electrons. The molecule has 18 heavy (non-hydrogen) atoms. The minimum absolute atomic E-state index is 0.285. The van der Waals surface area contributed by atoms with Gasteiger partial charge < -0.3 is 0 Å². The highest BCUT2D eigenvalue weighted by Crippen LogP contribution is 2.57. The Hall–Kier alpha value is -0.440. The zero-order chi connectivity index (χ0) is 13.3. The minimum atomic E-state index is -0.873. The van der Waals surface area contributed by atoms with Gasteiger partial charge in [0.2, 0.25) is 0 Å². The number of hydrogen-bond donors (Lipinski definition) is 0. The molecule has 1 aliphatic heterocycles. The molecule has 1 unspecified atom stereocenters. The largest absolute Gasteiger partial charge is 0.298 e. The lowest BCUT2D eigenvalue weighted by Crippen LogP contribution is -2.29. The molecule has 3 heteroatoms. The lowest BCUT2D eigenvalue weighted by atomic mass is 9.96. The summed E-state index contributed by atoms with van der Waals surface area (Å²) in [6.07, 6.45) is 6.87. The number of carbonyl (C=O) groups excluding carboxylic acids is 1. The second-order valence-corrected chi connectivity index (χ2v) is 8.05. The fraction of sp³-hybridized carbons (Fsp3) is 0.800. The van der Waals surface area contributed by atoms with Gasteiger partial charge in [-0.05, 0) is 51.4 Å². The summed E-state index contributed by atoms with van der Waals surface area (Å²) in [6.45, 7) is 6.35. The molecule has 0 aromatic carbocycles. The van der Waals surface area contributed by atoms with Crippen LogP contribution in [0.4, 0.5) is 0 Å². The molecule has 2 fully saturated rings. The number of carbonyl (C=O) groups is 1. The number of hydrogen-bond acceptors (Lipinski definition) is 2. The number of allylic oxidation sites excluding steroid dienone is 2. The predicted octanol–water partition coefficient (Wildman–Crippen LogP) is 3.24. The van der Waals surface area contributed by atoms with Gasteiger partial charge in [-0.1, -0.05) is 18.6 Å². The summed E-state index contributed by atoms with van der Waals surface area (Å²) in [6, 6.07) is 0. The van der Waals surface area contributed by atoms with Gasteiger partial charge >= 0.3 is 0 Å².